The first-order valence-corrected chi connectivity index (χ1v) is 6.54. The van der Waals surface area contributed by atoms with Crippen LogP contribution in [0.5, 0.6) is 0 Å². The summed E-state index contributed by atoms with van der Waals surface area (Å²) in [5, 5.41) is 19.0. The summed E-state index contributed by atoms with van der Waals surface area (Å²) in [4.78, 5) is 4.17. The third kappa shape index (κ3) is 4.18. The minimum atomic E-state index is -4.46. The van der Waals surface area contributed by atoms with Crippen LogP contribution in [0.2, 0.25) is 0 Å². The summed E-state index contributed by atoms with van der Waals surface area (Å²) in [6, 6.07) is 4.19. The molecule has 0 aromatic heterocycles. The van der Waals surface area contributed by atoms with E-state index in [0.717, 1.165) is 12.1 Å². The highest BCUT2D eigenvalue weighted by Crippen LogP contribution is 2.30. The number of benzene rings is 1. The van der Waals surface area contributed by atoms with E-state index in [2.05, 4.69) is 4.99 Å². The van der Waals surface area contributed by atoms with Gasteiger partial charge in [0.05, 0.1) is 17.7 Å². The lowest BCUT2D eigenvalue weighted by Gasteiger charge is -2.26. The lowest BCUT2D eigenvalue weighted by molar-refractivity contribution is -0.137. The van der Waals surface area contributed by atoms with Crippen LogP contribution in [0.25, 0.3) is 0 Å². The van der Waals surface area contributed by atoms with Gasteiger partial charge in [-0.05, 0) is 31.5 Å². The fourth-order valence-electron chi connectivity index (χ4n) is 2.17. The van der Waals surface area contributed by atoms with Crippen LogP contribution in [0.3, 0.4) is 0 Å². The molecule has 1 heterocycles. The summed E-state index contributed by atoms with van der Waals surface area (Å²) in [7, 11) is 0. The number of aliphatic hydroxyl groups is 2. The molecule has 4 nitrogen and oxygen atoms in total. The van der Waals surface area contributed by atoms with Crippen LogP contribution in [0.1, 0.15) is 30.9 Å². The summed E-state index contributed by atoms with van der Waals surface area (Å²) in [6.45, 7) is 1.58. The third-order valence-corrected chi connectivity index (χ3v) is 3.07. The number of rotatable bonds is 3. The average molecular weight is 303 g/mol. The Kier molecular flexibility index (Phi) is 4.53. The van der Waals surface area contributed by atoms with Gasteiger partial charge in [-0.25, -0.2) is 4.99 Å². The Morgan fingerprint density at radius 3 is 2.76 bits per heavy atom. The van der Waals surface area contributed by atoms with Crippen LogP contribution < -0.4 is 0 Å². The quantitative estimate of drug-likeness (QED) is 0.901. The standard InChI is InChI=1S/C14H16F3NO3/c1-8(19)5-11-7-12(20)21-13(18-11)9-3-2-4-10(6-9)14(15,16)17/h2-4,6,8,11-12,19-20H,5,7H2,1H3. The average Bonchev–Trinajstić information content (AvgIpc) is 2.36. The summed E-state index contributed by atoms with van der Waals surface area (Å²) < 4.78 is 43.2. The summed E-state index contributed by atoms with van der Waals surface area (Å²) in [6.07, 6.45) is -5.71. The van der Waals surface area contributed by atoms with Crippen molar-refractivity contribution in [1.82, 2.24) is 0 Å². The molecule has 2 N–H and O–H groups in total. The van der Waals surface area contributed by atoms with E-state index in [1.54, 1.807) is 6.92 Å². The Hall–Kier alpha value is -1.60. The van der Waals surface area contributed by atoms with Gasteiger partial charge in [0, 0.05) is 12.0 Å². The van der Waals surface area contributed by atoms with E-state index < -0.39 is 30.2 Å². The minimum Gasteiger partial charge on any atom is -0.448 e. The monoisotopic (exact) mass is 303 g/mol. The molecule has 21 heavy (non-hydrogen) atoms. The van der Waals surface area contributed by atoms with E-state index in [9.17, 15) is 23.4 Å². The second-order valence-electron chi connectivity index (χ2n) is 5.06. The number of nitrogens with zero attached hydrogens (tertiary/aromatic N) is 1. The molecular formula is C14H16F3NO3. The molecule has 2 rings (SSSR count). The normalized spacial score (nSPS) is 24.2. The van der Waals surface area contributed by atoms with Gasteiger partial charge in [0.25, 0.3) is 0 Å². The predicted octanol–water partition coefficient (Wildman–Crippen LogP) is 2.33. The molecule has 0 saturated heterocycles. The fraction of sp³-hybridized carbons (Fsp3) is 0.500. The number of alkyl halides is 3. The lowest BCUT2D eigenvalue weighted by Crippen LogP contribution is -2.31. The van der Waals surface area contributed by atoms with E-state index in [1.807, 2.05) is 0 Å². The zero-order valence-corrected chi connectivity index (χ0v) is 11.3. The van der Waals surface area contributed by atoms with E-state index in [-0.39, 0.29) is 17.9 Å². The molecule has 0 radical (unpaired) electrons. The number of hydrogen-bond acceptors (Lipinski definition) is 4. The van der Waals surface area contributed by atoms with Crippen molar-refractivity contribution in [1.29, 1.82) is 0 Å². The van der Waals surface area contributed by atoms with Crippen LogP contribution in [-0.4, -0.2) is 34.5 Å². The van der Waals surface area contributed by atoms with Crippen LogP contribution >= 0.6 is 0 Å². The highest BCUT2D eigenvalue weighted by atomic mass is 19.4. The van der Waals surface area contributed by atoms with E-state index >= 15 is 0 Å². The SMILES string of the molecule is CC(O)CC1CC(O)OC(c2cccc(C(F)(F)F)c2)=N1. The number of ether oxygens (including phenoxy) is 1. The van der Waals surface area contributed by atoms with Crippen molar-refractivity contribution < 1.29 is 28.1 Å². The number of hydrogen-bond donors (Lipinski definition) is 2. The molecule has 0 bridgehead atoms. The molecule has 116 valence electrons. The van der Waals surface area contributed by atoms with Crippen molar-refractivity contribution >= 4 is 5.90 Å². The molecule has 0 amide bonds. The van der Waals surface area contributed by atoms with E-state index in [1.165, 1.54) is 12.1 Å². The minimum absolute atomic E-state index is 0.0366. The highest BCUT2D eigenvalue weighted by molar-refractivity contribution is 5.94. The Bertz CT molecular complexity index is 528. The first kappa shape index (κ1) is 15.8. The summed E-state index contributed by atoms with van der Waals surface area (Å²) in [5.74, 6) is -0.0366. The second kappa shape index (κ2) is 6.03. The molecule has 7 heteroatoms. The molecule has 3 atom stereocenters. The maximum absolute atomic E-state index is 12.7. The molecule has 1 aromatic rings. The predicted molar refractivity (Wildman–Crippen MR) is 69.8 cm³/mol. The fourth-order valence-corrected chi connectivity index (χ4v) is 2.17. The number of aliphatic imine (C=N–C) groups is 1. The summed E-state index contributed by atoms with van der Waals surface area (Å²) >= 11 is 0. The van der Waals surface area contributed by atoms with Crippen molar-refractivity contribution in [2.75, 3.05) is 0 Å². The Labute approximate surface area is 119 Å². The molecule has 0 aliphatic carbocycles. The molecule has 1 aromatic carbocycles. The number of halogens is 3. The van der Waals surface area contributed by atoms with Crippen LogP contribution in [0, 0.1) is 0 Å². The van der Waals surface area contributed by atoms with Crippen LogP contribution in [-0.2, 0) is 10.9 Å². The first-order valence-electron chi connectivity index (χ1n) is 6.54. The second-order valence-corrected chi connectivity index (χ2v) is 5.06. The molecule has 0 saturated carbocycles. The van der Waals surface area contributed by atoms with Gasteiger partial charge in [-0.2, -0.15) is 13.2 Å². The number of aliphatic hydroxyl groups excluding tert-OH is 2. The molecule has 1 aliphatic rings. The maximum Gasteiger partial charge on any atom is 0.416 e. The van der Waals surface area contributed by atoms with E-state index in [4.69, 9.17) is 4.74 Å². The van der Waals surface area contributed by atoms with Gasteiger partial charge < -0.3 is 14.9 Å². The third-order valence-electron chi connectivity index (χ3n) is 3.07. The molecular weight excluding hydrogens is 287 g/mol. The molecule has 0 fully saturated rings. The molecule has 1 aliphatic heterocycles. The van der Waals surface area contributed by atoms with Crippen molar-refractivity contribution in [3.05, 3.63) is 35.4 Å². The lowest BCUT2D eigenvalue weighted by atomic mass is 10.0. The zero-order chi connectivity index (χ0) is 15.6. The first-order chi connectivity index (χ1) is 9.75. The van der Waals surface area contributed by atoms with Crippen LogP contribution in [0.15, 0.2) is 29.3 Å². The van der Waals surface area contributed by atoms with Gasteiger partial charge in [-0.1, -0.05) is 6.07 Å². The largest absolute Gasteiger partial charge is 0.448 e. The maximum atomic E-state index is 12.7. The van der Waals surface area contributed by atoms with Crippen molar-refractivity contribution in [3.63, 3.8) is 0 Å². The van der Waals surface area contributed by atoms with Gasteiger partial charge in [0.1, 0.15) is 0 Å². The molecule has 3 unspecified atom stereocenters. The van der Waals surface area contributed by atoms with Gasteiger partial charge >= 0.3 is 6.18 Å². The smallest absolute Gasteiger partial charge is 0.416 e. The molecule has 0 spiro atoms. The Morgan fingerprint density at radius 1 is 1.43 bits per heavy atom. The van der Waals surface area contributed by atoms with Gasteiger partial charge in [-0.3, -0.25) is 0 Å². The van der Waals surface area contributed by atoms with Gasteiger partial charge in [-0.15, -0.1) is 0 Å². The topological polar surface area (TPSA) is 62.0 Å². The zero-order valence-electron chi connectivity index (χ0n) is 11.3. The Morgan fingerprint density at radius 2 is 2.14 bits per heavy atom. The summed E-state index contributed by atoms with van der Waals surface area (Å²) in [5.41, 5.74) is -0.655. The highest BCUT2D eigenvalue weighted by Gasteiger charge is 2.32. The van der Waals surface area contributed by atoms with Crippen LogP contribution in [0.4, 0.5) is 13.2 Å². The Balaban J connectivity index is 2.29. The van der Waals surface area contributed by atoms with Gasteiger partial charge in [0.2, 0.25) is 12.2 Å². The van der Waals surface area contributed by atoms with Gasteiger partial charge in [0.15, 0.2) is 0 Å². The van der Waals surface area contributed by atoms with Crippen molar-refractivity contribution in [3.8, 4) is 0 Å². The van der Waals surface area contributed by atoms with E-state index in [0.29, 0.717) is 6.42 Å². The van der Waals surface area contributed by atoms with Crippen molar-refractivity contribution in [2.24, 2.45) is 4.99 Å². The van der Waals surface area contributed by atoms with Crippen molar-refractivity contribution in [2.45, 2.75) is 44.4 Å².